The van der Waals surface area contributed by atoms with Crippen molar-refractivity contribution in [3.05, 3.63) is 34.3 Å². The van der Waals surface area contributed by atoms with Crippen LogP contribution in [0, 0.1) is 0 Å². The minimum absolute atomic E-state index is 0.244. The molecular formula is C14H20BrNO2. The van der Waals surface area contributed by atoms with Gasteiger partial charge in [-0.05, 0) is 45.0 Å². The van der Waals surface area contributed by atoms with Crippen molar-refractivity contribution in [1.29, 1.82) is 0 Å². The van der Waals surface area contributed by atoms with Gasteiger partial charge in [0, 0.05) is 4.47 Å². The molecule has 4 heteroatoms. The molecule has 0 fully saturated rings. The average molecular weight is 314 g/mol. The van der Waals surface area contributed by atoms with E-state index in [1.165, 1.54) is 0 Å². The molecule has 100 valence electrons. The summed E-state index contributed by atoms with van der Waals surface area (Å²) in [7, 11) is 0. The lowest BCUT2D eigenvalue weighted by Gasteiger charge is -2.24. The number of likely N-dealkylation sites (N-methyl/N-ethyl adjacent to an activating group) is 1. The number of hydrogen-bond acceptors (Lipinski definition) is 3. The molecule has 1 N–H and O–H groups in total. The lowest BCUT2D eigenvalue weighted by Crippen LogP contribution is -2.34. The SMILES string of the molecule is CCNC(C(=O)OC(C)(C)C)c1ccc(Br)cc1. The van der Waals surface area contributed by atoms with Crippen LogP contribution in [0.3, 0.4) is 0 Å². The summed E-state index contributed by atoms with van der Waals surface area (Å²) in [6, 6.07) is 7.26. The van der Waals surface area contributed by atoms with E-state index < -0.39 is 11.6 Å². The molecule has 0 saturated heterocycles. The van der Waals surface area contributed by atoms with Crippen molar-refractivity contribution in [2.24, 2.45) is 0 Å². The van der Waals surface area contributed by atoms with Gasteiger partial charge in [0.2, 0.25) is 0 Å². The van der Waals surface area contributed by atoms with Gasteiger partial charge in [0.25, 0.3) is 0 Å². The zero-order valence-electron chi connectivity index (χ0n) is 11.3. The van der Waals surface area contributed by atoms with E-state index in [4.69, 9.17) is 4.74 Å². The van der Waals surface area contributed by atoms with E-state index in [2.05, 4.69) is 21.2 Å². The minimum atomic E-state index is -0.472. The van der Waals surface area contributed by atoms with Crippen molar-refractivity contribution in [1.82, 2.24) is 5.32 Å². The predicted molar refractivity (Wildman–Crippen MR) is 76.4 cm³/mol. The van der Waals surface area contributed by atoms with Gasteiger partial charge in [0.1, 0.15) is 11.6 Å². The molecule has 1 atom stereocenters. The molecule has 0 aliphatic heterocycles. The first-order valence-electron chi connectivity index (χ1n) is 6.05. The van der Waals surface area contributed by atoms with Crippen molar-refractivity contribution >= 4 is 21.9 Å². The summed E-state index contributed by atoms with van der Waals surface area (Å²) in [6.45, 7) is 8.29. The van der Waals surface area contributed by atoms with E-state index in [0.717, 1.165) is 10.0 Å². The van der Waals surface area contributed by atoms with Crippen LogP contribution in [0.2, 0.25) is 0 Å². The Bertz CT molecular complexity index is 395. The molecule has 0 aliphatic carbocycles. The summed E-state index contributed by atoms with van der Waals surface area (Å²) >= 11 is 3.38. The van der Waals surface area contributed by atoms with Crippen LogP contribution in [-0.4, -0.2) is 18.1 Å². The largest absolute Gasteiger partial charge is 0.459 e. The van der Waals surface area contributed by atoms with Gasteiger partial charge in [-0.15, -0.1) is 0 Å². The Balaban J connectivity index is 2.88. The van der Waals surface area contributed by atoms with Gasteiger partial charge in [-0.3, -0.25) is 0 Å². The van der Waals surface area contributed by atoms with Crippen LogP contribution in [0.4, 0.5) is 0 Å². The Hall–Kier alpha value is -0.870. The third-order valence-electron chi connectivity index (χ3n) is 2.25. The van der Waals surface area contributed by atoms with Gasteiger partial charge in [-0.2, -0.15) is 0 Å². The first kappa shape index (κ1) is 15.2. The van der Waals surface area contributed by atoms with Gasteiger partial charge in [0.15, 0.2) is 0 Å². The highest BCUT2D eigenvalue weighted by Crippen LogP contribution is 2.20. The number of halogens is 1. The standard InChI is InChI=1S/C14H20BrNO2/c1-5-16-12(13(17)18-14(2,3)4)10-6-8-11(15)9-7-10/h6-9,12,16H,5H2,1-4H3. The molecule has 3 nitrogen and oxygen atoms in total. The van der Waals surface area contributed by atoms with E-state index in [1.807, 2.05) is 52.0 Å². The smallest absolute Gasteiger partial charge is 0.328 e. The summed E-state index contributed by atoms with van der Waals surface area (Å²) in [5.41, 5.74) is 0.439. The van der Waals surface area contributed by atoms with Crippen LogP contribution < -0.4 is 5.32 Å². The molecule has 0 saturated carbocycles. The van der Waals surface area contributed by atoms with Crippen LogP contribution in [0.1, 0.15) is 39.3 Å². The predicted octanol–water partition coefficient (Wildman–Crippen LogP) is 3.44. The number of rotatable bonds is 4. The van der Waals surface area contributed by atoms with Gasteiger partial charge < -0.3 is 10.1 Å². The number of benzene rings is 1. The molecule has 0 radical (unpaired) electrons. The van der Waals surface area contributed by atoms with E-state index in [0.29, 0.717) is 6.54 Å². The number of esters is 1. The Morgan fingerprint density at radius 1 is 1.33 bits per heavy atom. The highest BCUT2D eigenvalue weighted by atomic mass is 79.9. The second kappa shape index (κ2) is 6.34. The second-order valence-electron chi connectivity index (χ2n) is 5.08. The maximum Gasteiger partial charge on any atom is 0.328 e. The second-order valence-corrected chi connectivity index (χ2v) is 5.99. The molecule has 1 unspecified atom stereocenters. The third kappa shape index (κ3) is 4.78. The lowest BCUT2D eigenvalue weighted by molar-refractivity contribution is -0.157. The summed E-state index contributed by atoms with van der Waals surface area (Å²) in [5, 5.41) is 3.15. The quantitative estimate of drug-likeness (QED) is 0.865. The molecule has 0 bridgehead atoms. The zero-order chi connectivity index (χ0) is 13.8. The van der Waals surface area contributed by atoms with Crippen LogP contribution in [0.15, 0.2) is 28.7 Å². The van der Waals surface area contributed by atoms with Crippen LogP contribution >= 0.6 is 15.9 Å². The van der Waals surface area contributed by atoms with Crippen molar-refractivity contribution in [3.8, 4) is 0 Å². The Labute approximate surface area is 117 Å². The molecule has 0 spiro atoms. The fraction of sp³-hybridized carbons (Fsp3) is 0.500. The zero-order valence-corrected chi connectivity index (χ0v) is 12.9. The molecule has 0 heterocycles. The van der Waals surface area contributed by atoms with E-state index in [1.54, 1.807) is 0 Å². The monoisotopic (exact) mass is 313 g/mol. The highest BCUT2D eigenvalue weighted by Gasteiger charge is 2.25. The topological polar surface area (TPSA) is 38.3 Å². The van der Waals surface area contributed by atoms with Gasteiger partial charge in [-0.1, -0.05) is 35.0 Å². The summed E-state index contributed by atoms with van der Waals surface area (Å²) in [6.07, 6.45) is 0. The van der Waals surface area contributed by atoms with Crippen molar-refractivity contribution < 1.29 is 9.53 Å². The van der Waals surface area contributed by atoms with Crippen molar-refractivity contribution in [2.45, 2.75) is 39.3 Å². The molecule has 0 aromatic heterocycles. The maximum absolute atomic E-state index is 12.1. The molecule has 0 amide bonds. The molecule has 0 aliphatic rings. The highest BCUT2D eigenvalue weighted by molar-refractivity contribution is 9.10. The fourth-order valence-electron chi connectivity index (χ4n) is 1.56. The minimum Gasteiger partial charge on any atom is -0.459 e. The Kier molecular flexibility index (Phi) is 5.35. The average Bonchev–Trinajstić information content (AvgIpc) is 2.25. The molecule has 1 rings (SSSR count). The lowest BCUT2D eigenvalue weighted by atomic mass is 10.1. The molecule has 1 aromatic carbocycles. The Morgan fingerprint density at radius 3 is 2.33 bits per heavy atom. The Morgan fingerprint density at radius 2 is 1.89 bits per heavy atom. The normalized spacial score (nSPS) is 13.2. The number of nitrogens with one attached hydrogen (secondary N) is 1. The number of carbonyl (C=O) groups is 1. The first-order chi connectivity index (χ1) is 8.33. The summed E-state index contributed by atoms with van der Waals surface area (Å²) in [4.78, 5) is 12.1. The summed E-state index contributed by atoms with van der Waals surface area (Å²) in [5.74, 6) is -0.244. The fourth-order valence-corrected chi connectivity index (χ4v) is 1.82. The third-order valence-corrected chi connectivity index (χ3v) is 2.78. The number of hydrogen-bond donors (Lipinski definition) is 1. The first-order valence-corrected chi connectivity index (χ1v) is 6.84. The van der Waals surface area contributed by atoms with E-state index in [-0.39, 0.29) is 5.97 Å². The number of carbonyl (C=O) groups excluding carboxylic acids is 1. The van der Waals surface area contributed by atoms with Crippen molar-refractivity contribution in [3.63, 3.8) is 0 Å². The summed E-state index contributed by atoms with van der Waals surface area (Å²) < 4.78 is 6.42. The van der Waals surface area contributed by atoms with Gasteiger partial charge in [-0.25, -0.2) is 4.79 Å². The van der Waals surface area contributed by atoms with Crippen LogP contribution in [0.25, 0.3) is 0 Å². The molecule has 1 aromatic rings. The van der Waals surface area contributed by atoms with Crippen molar-refractivity contribution in [2.75, 3.05) is 6.54 Å². The van der Waals surface area contributed by atoms with E-state index >= 15 is 0 Å². The van der Waals surface area contributed by atoms with Gasteiger partial charge in [0.05, 0.1) is 0 Å². The van der Waals surface area contributed by atoms with Crippen LogP contribution in [0.5, 0.6) is 0 Å². The molecule has 18 heavy (non-hydrogen) atoms. The van der Waals surface area contributed by atoms with Crippen LogP contribution in [-0.2, 0) is 9.53 Å². The number of ether oxygens (including phenoxy) is 1. The van der Waals surface area contributed by atoms with E-state index in [9.17, 15) is 4.79 Å². The maximum atomic E-state index is 12.1. The molecular weight excluding hydrogens is 294 g/mol. The van der Waals surface area contributed by atoms with Gasteiger partial charge >= 0.3 is 5.97 Å².